The van der Waals surface area contributed by atoms with Gasteiger partial charge in [-0.05, 0) is 12.1 Å². The van der Waals surface area contributed by atoms with Gasteiger partial charge in [0.25, 0.3) is 15.7 Å². The maximum Gasteiger partial charge on any atom is 0.291 e. The first-order chi connectivity index (χ1) is 8.27. The number of hydrogen-bond donors (Lipinski definition) is 3. The van der Waals surface area contributed by atoms with E-state index in [1.165, 1.54) is 25.2 Å². The van der Waals surface area contributed by atoms with Crippen LogP contribution in [-0.4, -0.2) is 32.4 Å². The lowest BCUT2D eigenvalue weighted by Gasteiger charge is -2.13. The number of hydrogen-bond acceptors (Lipinski definition) is 7. The van der Waals surface area contributed by atoms with E-state index in [0.29, 0.717) is 0 Å². The van der Waals surface area contributed by atoms with Crippen molar-refractivity contribution in [1.29, 1.82) is 0 Å². The molecule has 0 unspecified atom stereocenters. The number of sulfonamides is 1. The first kappa shape index (κ1) is 14.3. The number of nitro groups is 1. The van der Waals surface area contributed by atoms with Crippen LogP contribution in [0, 0.1) is 10.1 Å². The quantitative estimate of drug-likeness (QED) is 0.380. The topological polar surface area (TPSA) is 131 Å². The zero-order valence-corrected chi connectivity index (χ0v) is 10.6. The molecule has 0 heterocycles. The van der Waals surface area contributed by atoms with Crippen molar-refractivity contribution in [3.63, 3.8) is 0 Å². The Morgan fingerprint density at radius 2 is 2.00 bits per heavy atom. The molecule has 0 aliphatic carbocycles. The summed E-state index contributed by atoms with van der Waals surface area (Å²) in [4.78, 5) is 11.8. The van der Waals surface area contributed by atoms with Gasteiger partial charge in [0.2, 0.25) is 0 Å². The van der Waals surface area contributed by atoms with E-state index < -0.39 is 25.5 Å². The molecule has 0 aliphatic heterocycles. The van der Waals surface area contributed by atoms with E-state index in [0.717, 1.165) is 12.1 Å². The van der Waals surface area contributed by atoms with Crippen molar-refractivity contribution in [3.8, 4) is 0 Å². The number of anilines is 1. The van der Waals surface area contributed by atoms with Gasteiger partial charge in [-0.3, -0.25) is 16.0 Å². The molecule has 4 N–H and O–H groups in total. The molecule has 10 heteroatoms. The van der Waals surface area contributed by atoms with E-state index in [2.05, 4.69) is 10.3 Å². The Morgan fingerprint density at radius 3 is 2.44 bits per heavy atom. The smallest absolute Gasteiger partial charge is 0.291 e. The number of nitrogens with two attached hydrogens (primary N) is 1. The van der Waals surface area contributed by atoms with Crippen LogP contribution in [0.4, 0.5) is 11.4 Å². The molecule has 0 atom stereocenters. The van der Waals surface area contributed by atoms with Crippen molar-refractivity contribution in [3.05, 3.63) is 28.3 Å². The number of nitrogens with one attached hydrogen (secondary N) is 2. The maximum atomic E-state index is 11.9. The van der Waals surface area contributed by atoms with Crippen molar-refractivity contribution in [2.24, 2.45) is 5.84 Å². The summed E-state index contributed by atoms with van der Waals surface area (Å²) in [6, 6.07) is 3.49. The van der Waals surface area contributed by atoms with Crippen LogP contribution >= 0.6 is 0 Å². The van der Waals surface area contributed by atoms with Crippen LogP contribution in [0.2, 0.25) is 0 Å². The summed E-state index contributed by atoms with van der Waals surface area (Å²) in [5.41, 5.74) is 1.90. The highest BCUT2D eigenvalue weighted by molar-refractivity contribution is 7.89. The number of benzene rings is 1. The van der Waals surface area contributed by atoms with Gasteiger partial charge in [0.15, 0.2) is 4.90 Å². The standard InChI is InChI=1S/C8H13N5O4S/c1-12(2)11-18(16,17)8-4-3-6(10-9)5-7(8)13(14)15/h3-5,10-11H,9H2,1-2H3. The zero-order valence-electron chi connectivity index (χ0n) is 9.75. The number of rotatable bonds is 5. The van der Waals surface area contributed by atoms with Crippen LogP contribution < -0.4 is 16.1 Å². The lowest BCUT2D eigenvalue weighted by atomic mass is 10.3. The van der Waals surface area contributed by atoms with Gasteiger partial charge in [-0.2, -0.15) is 0 Å². The zero-order chi connectivity index (χ0) is 13.9. The minimum absolute atomic E-state index is 0.241. The normalized spacial score (nSPS) is 11.6. The number of hydrazine groups is 2. The highest BCUT2D eigenvalue weighted by atomic mass is 32.2. The molecular formula is C8H13N5O4S. The largest absolute Gasteiger partial charge is 0.324 e. The Balaban J connectivity index is 3.36. The molecule has 0 saturated heterocycles. The Bertz CT molecular complexity index is 557. The predicted octanol–water partition coefficient (Wildman–Crippen LogP) is -0.365. The lowest BCUT2D eigenvalue weighted by molar-refractivity contribution is -0.387. The molecule has 0 spiro atoms. The molecule has 0 saturated carbocycles. The second kappa shape index (κ2) is 5.27. The Labute approximate surface area is 104 Å². The van der Waals surface area contributed by atoms with Crippen molar-refractivity contribution < 1.29 is 13.3 Å². The van der Waals surface area contributed by atoms with Crippen LogP contribution in [0.25, 0.3) is 0 Å². The molecule has 1 rings (SSSR count). The van der Waals surface area contributed by atoms with E-state index in [1.54, 1.807) is 0 Å². The summed E-state index contributed by atoms with van der Waals surface area (Å²) in [6.45, 7) is 0. The summed E-state index contributed by atoms with van der Waals surface area (Å²) in [5.74, 6) is 5.11. The summed E-state index contributed by atoms with van der Waals surface area (Å²) in [5, 5.41) is 12.0. The molecule has 0 aromatic heterocycles. The summed E-state index contributed by atoms with van der Waals surface area (Å²) in [7, 11) is -1.08. The van der Waals surface area contributed by atoms with Crippen LogP contribution in [0.3, 0.4) is 0 Å². The van der Waals surface area contributed by atoms with Crippen LogP contribution in [0.5, 0.6) is 0 Å². The van der Waals surface area contributed by atoms with E-state index in [9.17, 15) is 18.5 Å². The first-order valence-corrected chi connectivity index (χ1v) is 6.21. The predicted molar refractivity (Wildman–Crippen MR) is 64.9 cm³/mol. The van der Waals surface area contributed by atoms with E-state index in [4.69, 9.17) is 5.84 Å². The van der Waals surface area contributed by atoms with Gasteiger partial charge in [0.1, 0.15) is 0 Å². The van der Waals surface area contributed by atoms with Gasteiger partial charge >= 0.3 is 0 Å². The van der Waals surface area contributed by atoms with Crippen molar-refractivity contribution in [2.45, 2.75) is 4.90 Å². The van der Waals surface area contributed by atoms with Gasteiger partial charge in [-0.15, -0.1) is 4.83 Å². The number of nitrogens with zero attached hydrogens (tertiary/aromatic N) is 2. The molecule has 0 radical (unpaired) electrons. The highest BCUT2D eigenvalue weighted by Gasteiger charge is 2.26. The minimum atomic E-state index is -3.99. The summed E-state index contributed by atoms with van der Waals surface area (Å²) < 4.78 is 23.7. The van der Waals surface area contributed by atoms with Gasteiger partial charge < -0.3 is 5.43 Å². The molecule has 9 nitrogen and oxygen atoms in total. The van der Waals surface area contributed by atoms with Gasteiger partial charge in [-0.1, -0.05) is 0 Å². The third kappa shape index (κ3) is 3.13. The maximum absolute atomic E-state index is 11.9. The third-order valence-corrected chi connectivity index (χ3v) is 3.44. The Hall–Kier alpha value is -1.75. The van der Waals surface area contributed by atoms with Gasteiger partial charge in [0, 0.05) is 20.2 Å². The molecule has 0 bridgehead atoms. The van der Waals surface area contributed by atoms with Crippen molar-refractivity contribution >= 4 is 21.4 Å². The fourth-order valence-corrected chi connectivity index (χ4v) is 2.50. The Kier molecular flexibility index (Phi) is 4.19. The second-order valence-corrected chi connectivity index (χ2v) is 5.20. The van der Waals surface area contributed by atoms with E-state index in [1.807, 2.05) is 0 Å². The average Bonchev–Trinajstić information content (AvgIpc) is 2.26. The van der Waals surface area contributed by atoms with E-state index in [-0.39, 0.29) is 5.69 Å². The average molecular weight is 275 g/mol. The molecule has 1 aromatic carbocycles. The lowest BCUT2D eigenvalue weighted by Crippen LogP contribution is -2.36. The molecular weight excluding hydrogens is 262 g/mol. The van der Waals surface area contributed by atoms with Crippen LogP contribution in [0.1, 0.15) is 0 Å². The van der Waals surface area contributed by atoms with Gasteiger partial charge in [0.05, 0.1) is 10.6 Å². The molecule has 18 heavy (non-hydrogen) atoms. The minimum Gasteiger partial charge on any atom is -0.324 e. The first-order valence-electron chi connectivity index (χ1n) is 4.73. The molecule has 100 valence electrons. The Morgan fingerprint density at radius 1 is 1.39 bits per heavy atom. The molecule has 0 amide bonds. The van der Waals surface area contributed by atoms with Crippen molar-refractivity contribution in [2.75, 3.05) is 19.5 Å². The SMILES string of the molecule is CN(C)NS(=O)(=O)c1ccc(NN)cc1[N+](=O)[O-]. The summed E-state index contributed by atoms with van der Waals surface area (Å²) >= 11 is 0. The van der Waals surface area contributed by atoms with E-state index >= 15 is 0 Å². The monoisotopic (exact) mass is 275 g/mol. The van der Waals surface area contributed by atoms with Gasteiger partial charge in [-0.25, -0.2) is 13.4 Å². The molecule has 0 fully saturated rings. The fourth-order valence-electron chi connectivity index (χ4n) is 1.27. The van der Waals surface area contributed by atoms with Crippen LogP contribution in [-0.2, 0) is 10.0 Å². The third-order valence-electron chi connectivity index (χ3n) is 1.91. The van der Waals surface area contributed by atoms with Crippen molar-refractivity contribution in [1.82, 2.24) is 9.84 Å². The summed E-state index contributed by atoms with van der Waals surface area (Å²) in [6.07, 6.45) is 0. The number of nitrogen functional groups attached to an aromatic ring is 1. The molecule has 1 aromatic rings. The second-order valence-electron chi connectivity index (χ2n) is 3.57. The highest BCUT2D eigenvalue weighted by Crippen LogP contribution is 2.26. The fraction of sp³-hybridized carbons (Fsp3) is 0.250. The molecule has 0 aliphatic rings. The van der Waals surface area contributed by atoms with Crippen LogP contribution in [0.15, 0.2) is 23.1 Å². The number of nitro benzene ring substituents is 1.